The number of hydrogen-bond donors (Lipinski definition) is 1. The second-order valence-electron chi connectivity index (χ2n) is 4.66. The number of nitrogens with one attached hydrogen (secondary N) is 1. The van der Waals surface area contributed by atoms with E-state index in [4.69, 9.17) is 0 Å². The van der Waals surface area contributed by atoms with Crippen LogP contribution in [0, 0.1) is 19.7 Å². The average Bonchev–Trinajstić information content (AvgIpc) is 2.34. The highest BCUT2D eigenvalue weighted by molar-refractivity contribution is 5.30. The lowest BCUT2D eigenvalue weighted by Gasteiger charge is -2.08. The fraction of sp³-hybridized carbons (Fsp3) is 0.250. The Bertz CT molecular complexity index is 517. The minimum atomic E-state index is -0.187. The van der Waals surface area contributed by atoms with E-state index >= 15 is 0 Å². The smallest absolute Gasteiger partial charge is 0.123 e. The minimum Gasteiger partial charge on any atom is -0.309 e. The van der Waals surface area contributed by atoms with Crippen LogP contribution in [0.2, 0.25) is 0 Å². The lowest BCUT2D eigenvalue weighted by Crippen LogP contribution is -2.13. The van der Waals surface area contributed by atoms with Crippen molar-refractivity contribution < 1.29 is 4.39 Å². The molecule has 0 saturated heterocycles. The van der Waals surface area contributed by atoms with Crippen molar-refractivity contribution in [2.75, 3.05) is 0 Å². The average molecular weight is 243 g/mol. The van der Waals surface area contributed by atoms with E-state index in [9.17, 15) is 4.39 Å². The fourth-order valence-corrected chi connectivity index (χ4v) is 1.99. The molecule has 2 heteroatoms. The molecule has 0 aliphatic carbocycles. The molecule has 0 spiro atoms. The van der Waals surface area contributed by atoms with Crippen molar-refractivity contribution in [3.05, 3.63) is 70.5 Å². The summed E-state index contributed by atoms with van der Waals surface area (Å²) in [6.07, 6.45) is 0. The van der Waals surface area contributed by atoms with Crippen molar-refractivity contribution in [2.24, 2.45) is 0 Å². The van der Waals surface area contributed by atoms with E-state index < -0.39 is 0 Å². The zero-order valence-electron chi connectivity index (χ0n) is 10.8. The van der Waals surface area contributed by atoms with Gasteiger partial charge in [0.2, 0.25) is 0 Å². The third-order valence-electron chi connectivity index (χ3n) is 3.06. The first-order chi connectivity index (χ1) is 8.65. The maximum atomic E-state index is 12.7. The van der Waals surface area contributed by atoms with Crippen LogP contribution in [0.4, 0.5) is 4.39 Å². The van der Waals surface area contributed by atoms with E-state index in [0.29, 0.717) is 0 Å². The number of aryl methyl sites for hydroxylation is 2. The maximum absolute atomic E-state index is 12.7. The molecule has 0 radical (unpaired) electrons. The Hall–Kier alpha value is -1.67. The van der Waals surface area contributed by atoms with Gasteiger partial charge in [0.15, 0.2) is 0 Å². The first kappa shape index (κ1) is 12.8. The Morgan fingerprint density at radius 1 is 0.944 bits per heavy atom. The zero-order valence-corrected chi connectivity index (χ0v) is 10.8. The summed E-state index contributed by atoms with van der Waals surface area (Å²) < 4.78 is 12.7. The molecule has 0 unspecified atom stereocenters. The molecule has 18 heavy (non-hydrogen) atoms. The summed E-state index contributed by atoms with van der Waals surface area (Å²) >= 11 is 0. The highest BCUT2D eigenvalue weighted by Gasteiger charge is 1.99. The SMILES string of the molecule is Cc1ccc(CNCc2ccc(F)cc2)c(C)c1. The first-order valence-corrected chi connectivity index (χ1v) is 6.16. The molecule has 1 nitrogen and oxygen atoms in total. The van der Waals surface area contributed by atoms with E-state index in [1.165, 1.54) is 28.8 Å². The monoisotopic (exact) mass is 243 g/mol. The number of rotatable bonds is 4. The van der Waals surface area contributed by atoms with Gasteiger partial charge in [-0.3, -0.25) is 0 Å². The molecule has 1 N–H and O–H groups in total. The predicted molar refractivity (Wildman–Crippen MR) is 72.9 cm³/mol. The van der Waals surface area contributed by atoms with E-state index in [-0.39, 0.29) is 5.82 Å². The van der Waals surface area contributed by atoms with E-state index in [2.05, 4.69) is 37.4 Å². The molecule has 2 aromatic rings. The van der Waals surface area contributed by atoms with Gasteiger partial charge >= 0.3 is 0 Å². The largest absolute Gasteiger partial charge is 0.309 e. The summed E-state index contributed by atoms with van der Waals surface area (Å²) in [5, 5.41) is 3.38. The van der Waals surface area contributed by atoms with E-state index in [1.54, 1.807) is 0 Å². The Kier molecular flexibility index (Phi) is 4.11. The van der Waals surface area contributed by atoms with Gasteiger partial charge in [-0.25, -0.2) is 4.39 Å². The van der Waals surface area contributed by atoms with Gasteiger partial charge in [0.1, 0.15) is 5.82 Å². The van der Waals surface area contributed by atoms with Gasteiger partial charge < -0.3 is 5.32 Å². The van der Waals surface area contributed by atoms with Crippen LogP contribution >= 0.6 is 0 Å². The van der Waals surface area contributed by atoms with Crippen LogP contribution in [-0.4, -0.2) is 0 Å². The van der Waals surface area contributed by atoms with Gasteiger partial charge in [-0.15, -0.1) is 0 Å². The molecule has 0 atom stereocenters. The Labute approximate surface area is 108 Å². The van der Waals surface area contributed by atoms with Crippen LogP contribution in [0.15, 0.2) is 42.5 Å². The van der Waals surface area contributed by atoms with Crippen molar-refractivity contribution in [1.82, 2.24) is 5.32 Å². The molecule has 0 amide bonds. The molecule has 94 valence electrons. The minimum absolute atomic E-state index is 0.187. The summed E-state index contributed by atoms with van der Waals surface area (Å²) in [4.78, 5) is 0. The Balaban J connectivity index is 1.90. The van der Waals surface area contributed by atoms with Gasteiger partial charge in [0, 0.05) is 13.1 Å². The number of halogens is 1. The van der Waals surface area contributed by atoms with Crippen LogP contribution in [0.5, 0.6) is 0 Å². The van der Waals surface area contributed by atoms with E-state index in [0.717, 1.165) is 18.7 Å². The summed E-state index contributed by atoms with van der Waals surface area (Å²) in [5.74, 6) is -0.187. The van der Waals surface area contributed by atoms with Crippen molar-refractivity contribution in [3.63, 3.8) is 0 Å². The van der Waals surface area contributed by atoms with Gasteiger partial charge in [0.25, 0.3) is 0 Å². The first-order valence-electron chi connectivity index (χ1n) is 6.16. The third-order valence-corrected chi connectivity index (χ3v) is 3.06. The standard InChI is InChI=1S/C16H18FN/c1-12-3-6-15(13(2)9-12)11-18-10-14-4-7-16(17)8-5-14/h3-9,18H,10-11H2,1-2H3. The quantitative estimate of drug-likeness (QED) is 0.862. The second kappa shape index (κ2) is 5.78. The normalized spacial score (nSPS) is 10.6. The Morgan fingerprint density at radius 2 is 1.67 bits per heavy atom. The molecule has 0 aliphatic heterocycles. The molecule has 0 saturated carbocycles. The molecule has 0 aromatic heterocycles. The predicted octanol–water partition coefficient (Wildman–Crippen LogP) is 3.73. The molecule has 2 aromatic carbocycles. The zero-order chi connectivity index (χ0) is 13.0. The van der Waals surface area contributed by atoms with Crippen LogP contribution in [0.3, 0.4) is 0 Å². The summed E-state index contributed by atoms with van der Waals surface area (Å²) in [5.41, 5.74) is 5.00. The highest BCUT2D eigenvalue weighted by Crippen LogP contribution is 2.10. The van der Waals surface area contributed by atoms with Gasteiger partial charge in [-0.2, -0.15) is 0 Å². The van der Waals surface area contributed by atoms with Crippen LogP contribution < -0.4 is 5.32 Å². The molecular weight excluding hydrogens is 225 g/mol. The lowest BCUT2D eigenvalue weighted by atomic mass is 10.1. The molecule has 2 rings (SSSR count). The third kappa shape index (κ3) is 3.41. The fourth-order valence-electron chi connectivity index (χ4n) is 1.99. The Morgan fingerprint density at radius 3 is 2.33 bits per heavy atom. The summed E-state index contributed by atoms with van der Waals surface area (Å²) in [7, 11) is 0. The maximum Gasteiger partial charge on any atom is 0.123 e. The molecule has 0 fully saturated rings. The second-order valence-corrected chi connectivity index (χ2v) is 4.66. The number of hydrogen-bond acceptors (Lipinski definition) is 1. The van der Waals surface area contributed by atoms with Crippen LogP contribution in [0.1, 0.15) is 22.3 Å². The van der Waals surface area contributed by atoms with Crippen molar-refractivity contribution in [2.45, 2.75) is 26.9 Å². The molecule has 0 bridgehead atoms. The van der Waals surface area contributed by atoms with Crippen molar-refractivity contribution in [1.29, 1.82) is 0 Å². The van der Waals surface area contributed by atoms with E-state index in [1.807, 2.05) is 12.1 Å². The molecule has 0 aliphatic rings. The molecule has 0 heterocycles. The van der Waals surface area contributed by atoms with Crippen LogP contribution in [0.25, 0.3) is 0 Å². The summed E-state index contributed by atoms with van der Waals surface area (Å²) in [6, 6.07) is 13.1. The van der Waals surface area contributed by atoms with Gasteiger partial charge in [0.05, 0.1) is 0 Å². The highest BCUT2D eigenvalue weighted by atomic mass is 19.1. The van der Waals surface area contributed by atoms with Gasteiger partial charge in [-0.05, 0) is 42.7 Å². The van der Waals surface area contributed by atoms with Crippen LogP contribution in [-0.2, 0) is 13.1 Å². The molecular formula is C16H18FN. The van der Waals surface area contributed by atoms with Crippen molar-refractivity contribution >= 4 is 0 Å². The number of benzene rings is 2. The summed E-state index contributed by atoms with van der Waals surface area (Å²) in [6.45, 7) is 5.82. The van der Waals surface area contributed by atoms with Crippen molar-refractivity contribution in [3.8, 4) is 0 Å². The topological polar surface area (TPSA) is 12.0 Å². The lowest BCUT2D eigenvalue weighted by molar-refractivity contribution is 0.625. The van der Waals surface area contributed by atoms with Gasteiger partial charge in [-0.1, -0.05) is 35.9 Å².